The molecule has 0 amide bonds. The van der Waals surface area contributed by atoms with Crippen molar-refractivity contribution in [3.63, 3.8) is 0 Å². The molecule has 5 heteroatoms. The van der Waals surface area contributed by atoms with E-state index in [1.807, 2.05) is 24.3 Å². The monoisotopic (exact) mass is 356 g/mol. The molecule has 0 aromatic heterocycles. The van der Waals surface area contributed by atoms with Gasteiger partial charge >= 0.3 is 5.97 Å². The molecule has 1 atom stereocenters. The average Bonchev–Trinajstić information content (AvgIpc) is 2.61. The number of anilines is 1. The van der Waals surface area contributed by atoms with Gasteiger partial charge in [-0.15, -0.1) is 0 Å². The first-order valence-corrected chi connectivity index (χ1v) is 8.71. The second kappa shape index (κ2) is 9.18. The van der Waals surface area contributed by atoms with Crippen molar-refractivity contribution in [2.45, 2.75) is 26.3 Å². The fraction of sp³-hybridized carbons (Fsp3) is 0.300. The van der Waals surface area contributed by atoms with Crippen LogP contribution >= 0.6 is 12.2 Å². The first kappa shape index (κ1) is 18.9. The number of hydrogen-bond acceptors (Lipinski definition) is 3. The first-order valence-electron chi connectivity index (χ1n) is 8.30. The maximum absolute atomic E-state index is 11.6. The van der Waals surface area contributed by atoms with Gasteiger partial charge in [-0.1, -0.05) is 50.2 Å². The van der Waals surface area contributed by atoms with Gasteiger partial charge in [0, 0.05) is 5.69 Å². The maximum Gasteiger partial charge on any atom is 0.337 e. The second-order valence-corrected chi connectivity index (χ2v) is 6.67. The fourth-order valence-corrected chi connectivity index (χ4v) is 2.86. The SMILES string of the molecule is COC(=O)c1cccc(NC(=S)N[C@H](CC(C)C)c2ccccc2)c1. The van der Waals surface area contributed by atoms with Crippen LogP contribution in [0.4, 0.5) is 5.69 Å². The van der Waals surface area contributed by atoms with Gasteiger partial charge in [-0.2, -0.15) is 0 Å². The Kier molecular flexibility index (Phi) is 6.95. The molecule has 25 heavy (non-hydrogen) atoms. The summed E-state index contributed by atoms with van der Waals surface area (Å²) in [5.74, 6) is 0.160. The van der Waals surface area contributed by atoms with Gasteiger partial charge in [-0.3, -0.25) is 0 Å². The van der Waals surface area contributed by atoms with Crippen molar-refractivity contribution in [3.8, 4) is 0 Å². The molecule has 0 aliphatic rings. The Balaban J connectivity index is 2.07. The summed E-state index contributed by atoms with van der Waals surface area (Å²) in [6.45, 7) is 4.38. The van der Waals surface area contributed by atoms with Gasteiger partial charge < -0.3 is 15.4 Å². The van der Waals surface area contributed by atoms with E-state index in [1.165, 1.54) is 12.7 Å². The molecular formula is C20H24N2O2S. The fourth-order valence-electron chi connectivity index (χ4n) is 2.60. The zero-order chi connectivity index (χ0) is 18.2. The molecule has 0 heterocycles. The third kappa shape index (κ3) is 5.87. The van der Waals surface area contributed by atoms with Crippen molar-refractivity contribution in [2.24, 2.45) is 5.92 Å². The van der Waals surface area contributed by atoms with Crippen LogP contribution in [-0.2, 0) is 4.74 Å². The summed E-state index contributed by atoms with van der Waals surface area (Å²) < 4.78 is 4.75. The number of benzene rings is 2. The molecule has 2 N–H and O–H groups in total. The smallest absolute Gasteiger partial charge is 0.337 e. The Bertz CT molecular complexity index is 717. The summed E-state index contributed by atoms with van der Waals surface area (Å²) in [5, 5.41) is 7.05. The lowest BCUT2D eigenvalue weighted by Crippen LogP contribution is -2.33. The van der Waals surface area contributed by atoms with Crippen LogP contribution in [0.2, 0.25) is 0 Å². The van der Waals surface area contributed by atoms with Gasteiger partial charge in [-0.25, -0.2) is 4.79 Å². The van der Waals surface area contributed by atoms with Crippen LogP contribution < -0.4 is 10.6 Å². The zero-order valence-corrected chi connectivity index (χ0v) is 15.6. The summed E-state index contributed by atoms with van der Waals surface area (Å²) in [6.07, 6.45) is 0.966. The lowest BCUT2D eigenvalue weighted by atomic mass is 9.97. The molecule has 4 nitrogen and oxygen atoms in total. The number of nitrogens with one attached hydrogen (secondary N) is 2. The predicted octanol–water partition coefficient (Wildman–Crippen LogP) is 4.55. The van der Waals surface area contributed by atoms with E-state index in [0.717, 1.165) is 12.1 Å². The molecule has 132 valence electrons. The number of carbonyl (C=O) groups excluding carboxylic acids is 1. The molecule has 2 aromatic rings. The van der Waals surface area contributed by atoms with Gasteiger partial charge in [-0.05, 0) is 48.3 Å². The van der Waals surface area contributed by atoms with E-state index < -0.39 is 0 Å². The van der Waals surface area contributed by atoms with Crippen LogP contribution in [0.25, 0.3) is 0 Å². The number of methoxy groups -OCH3 is 1. The van der Waals surface area contributed by atoms with E-state index >= 15 is 0 Å². The van der Waals surface area contributed by atoms with Crippen LogP contribution in [0.5, 0.6) is 0 Å². The highest BCUT2D eigenvalue weighted by Crippen LogP contribution is 2.21. The van der Waals surface area contributed by atoms with E-state index in [1.54, 1.807) is 18.2 Å². The highest BCUT2D eigenvalue weighted by Gasteiger charge is 2.14. The number of hydrogen-bond donors (Lipinski definition) is 2. The van der Waals surface area contributed by atoms with Crippen molar-refractivity contribution < 1.29 is 9.53 Å². The Labute approximate surface area is 154 Å². The van der Waals surface area contributed by atoms with E-state index in [2.05, 4.69) is 36.6 Å². The molecule has 0 fully saturated rings. The predicted molar refractivity (Wildman–Crippen MR) is 106 cm³/mol. The molecule has 0 saturated heterocycles. The minimum Gasteiger partial charge on any atom is -0.465 e. The van der Waals surface area contributed by atoms with Crippen LogP contribution in [0.1, 0.15) is 42.2 Å². The van der Waals surface area contributed by atoms with E-state index in [4.69, 9.17) is 17.0 Å². The topological polar surface area (TPSA) is 50.4 Å². The van der Waals surface area contributed by atoms with Gasteiger partial charge in [0.1, 0.15) is 0 Å². The third-order valence-electron chi connectivity index (χ3n) is 3.76. The van der Waals surface area contributed by atoms with Gasteiger partial charge in [0.25, 0.3) is 0 Å². The third-order valence-corrected chi connectivity index (χ3v) is 3.98. The number of ether oxygens (including phenoxy) is 1. The van der Waals surface area contributed by atoms with Crippen molar-refractivity contribution in [3.05, 3.63) is 65.7 Å². The van der Waals surface area contributed by atoms with Crippen LogP contribution in [0.15, 0.2) is 54.6 Å². The minimum absolute atomic E-state index is 0.130. The van der Waals surface area contributed by atoms with Gasteiger partial charge in [0.2, 0.25) is 0 Å². The van der Waals surface area contributed by atoms with Crippen molar-refractivity contribution >= 4 is 29.0 Å². The Morgan fingerprint density at radius 2 is 1.84 bits per heavy atom. The van der Waals surface area contributed by atoms with Gasteiger partial charge in [0.15, 0.2) is 5.11 Å². The molecule has 0 unspecified atom stereocenters. The molecule has 0 spiro atoms. The van der Waals surface area contributed by atoms with E-state index in [-0.39, 0.29) is 12.0 Å². The quantitative estimate of drug-likeness (QED) is 0.587. The Morgan fingerprint density at radius 1 is 1.12 bits per heavy atom. The lowest BCUT2D eigenvalue weighted by molar-refractivity contribution is 0.0601. The molecule has 2 rings (SSSR count). The van der Waals surface area contributed by atoms with E-state index in [0.29, 0.717) is 16.6 Å². The standard InChI is InChI=1S/C20H24N2O2S/c1-14(2)12-18(15-8-5-4-6-9-15)22-20(25)21-17-11-7-10-16(13-17)19(23)24-3/h4-11,13-14,18H,12H2,1-3H3,(H2,21,22,25)/t18-/m1/s1. The summed E-state index contributed by atoms with van der Waals surface area (Å²) in [7, 11) is 1.37. The van der Waals surface area contributed by atoms with Gasteiger partial charge in [0.05, 0.1) is 18.7 Å². The molecule has 0 bridgehead atoms. The minimum atomic E-state index is -0.371. The van der Waals surface area contributed by atoms with E-state index in [9.17, 15) is 4.79 Å². The zero-order valence-electron chi connectivity index (χ0n) is 14.8. The molecule has 0 aliphatic heterocycles. The highest BCUT2D eigenvalue weighted by atomic mass is 32.1. The van der Waals surface area contributed by atoms with Crippen LogP contribution in [0.3, 0.4) is 0 Å². The molecular weight excluding hydrogens is 332 g/mol. The molecule has 2 aromatic carbocycles. The second-order valence-electron chi connectivity index (χ2n) is 6.26. The summed E-state index contributed by atoms with van der Waals surface area (Å²) in [5.41, 5.74) is 2.43. The largest absolute Gasteiger partial charge is 0.465 e. The van der Waals surface area contributed by atoms with Crippen molar-refractivity contribution in [1.29, 1.82) is 0 Å². The van der Waals surface area contributed by atoms with Crippen molar-refractivity contribution in [2.75, 3.05) is 12.4 Å². The molecule has 0 saturated carbocycles. The number of carbonyl (C=O) groups is 1. The van der Waals surface area contributed by atoms with Crippen LogP contribution in [0, 0.1) is 5.92 Å². The maximum atomic E-state index is 11.6. The Hall–Kier alpha value is -2.40. The highest BCUT2D eigenvalue weighted by molar-refractivity contribution is 7.80. The molecule has 0 aliphatic carbocycles. The Morgan fingerprint density at radius 3 is 2.48 bits per heavy atom. The average molecular weight is 356 g/mol. The van der Waals surface area contributed by atoms with Crippen LogP contribution in [-0.4, -0.2) is 18.2 Å². The first-order chi connectivity index (χ1) is 12.0. The summed E-state index contributed by atoms with van der Waals surface area (Å²) in [4.78, 5) is 11.6. The number of thiocarbonyl (C=S) groups is 1. The number of rotatable bonds is 6. The summed E-state index contributed by atoms with van der Waals surface area (Å²) in [6, 6.07) is 17.5. The molecule has 0 radical (unpaired) electrons. The normalized spacial score (nSPS) is 11.7. The lowest BCUT2D eigenvalue weighted by Gasteiger charge is -2.23. The number of esters is 1. The van der Waals surface area contributed by atoms with Crippen molar-refractivity contribution in [1.82, 2.24) is 5.32 Å². The summed E-state index contributed by atoms with van der Waals surface area (Å²) >= 11 is 5.46.